The summed E-state index contributed by atoms with van der Waals surface area (Å²) in [5.41, 5.74) is 5.65. The van der Waals surface area contributed by atoms with Crippen molar-refractivity contribution in [2.24, 2.45) is 17.6 Å². The Morgan fingerprint density at radius 2 is 1.33 bits per heavy atom. The Hall–Kier alpha value is -0.500. The highest BCUT2D eigenvalue weighted by molar-refractivity contribution is 4.85. The molecule has 0 saturated carbocycles. The van der Waals surface area contributed by atoms with Crippen LogP contribution in [0.1, 0.15) is 79.1 Å². The molecule has 0 saturated heterocycles. The molecule has 0 aromatic carbocycles. The summed E-state index contributed by atoms with van der Waals surface area (Å²) in [5, 5.41) is 0. The summed E-state index contributed by atoms with van der Waals surface area (Å²) in [7, 11) is 0. The van der Waals surface area contributed by atoms with Crippen molar-refractivity contribution in [1.82, 2.24) is 4.90 Å². The summed E-state index contributed by atoms with van der Waals surface area (Å²) in [6, 6.07) is 0. The van der Waals surface area contributed by atoms with Crippen LogP contribution >= 0.6 is 0 Å². The molecule has 0 rings (SSSR count). The smallest absolute Gasteiger partial charge is 0.0200 e. The van der Waals surface area contributed by atoms with Crippen molar-refractivity contribution >= 4 is 0 Å². The zero-order valence-corrected chi connectivity index (χ0v) is 15.1. The van der Waals surface area contributed by atoms with Crippen LogP contribution in [0.3, 0.4) is 0 Å². The highest BCUT2D eigenvalue weighted by Crippen LogP contribution is 2.19. The number of rotatable bonds is 14. The van der Waals surface area contributed by atoms with Gasteiger partial charge in [0.05, 0.1) is 0 Å². The molecule has 0 aliphatic heterocycles. The van der Waals surface area contributed by atoms with Gasteiger partial charge in [-0.25, -0.2) is 0 Å². The van der Waals surface area contributed by atoms with Gasteiger partial charge in [0.2, 0.25) is 0 Å². The van der Waals surface area contributed by atoms with Crippen molar-refractivity contribution in [2.75, 3.05) is 19.6 Å². The second-order valence-corrected chi connectivity index (χ2v) is 6.41. The van der Waals surface area contributed by atoms with Crippen molar-refractivity contribution in [3.63, 3.8) is 0 Å². The van der Waals surface area contributed by atoms with E-state index in [0.29, 0.717) is 6.54 Å². The molecule has 0 radical (unpaired) electrons. The molecule has 0 aliphatic carbocycles. The Labute approximate surface area is 134 Å². The molecule has 2 N–H and O–H groups in total. The Bertz CT molecular complexity index is 220. The van der Waals surface area contributed by atoms with Crippen molar-refractivity contribution in [1.29, 1.82) is 0 Å². The minimum atomic E-state index is 0.647. The van der Waals surface area contributed by atoms with Crippen molar-refractivity contribution in [2.45, 2.75) is 79.1 Å². The van der Waals surface area contributed by atoms with Gasteiger partial charge in [0.1, 0.15) is 0 Å². The Morgan fingerprint density at radius 3 is 1.67 bits per heavy atom. The van der Waals surface area contributed by atoms with Gasteiger partial charge >= 0.3 is 0 Å². The molecule has 0 fully saturated rings. The van der Waals surface area contributed by atoms with Gasteiger partial charge in [-0.2, -0.15) is 0 Å². The molecule has 2 nitrogen and oxygen atoms in total. The lowest BCUT2D eigenvalue weighted by Crippen LogP contribution is -2.30. The number of unbranched alkanes of at least 4 members (excludes halogenated alkanes) is 2. The third-order valence-corrected chi connectivity index (χ3v) is 4.52. The predicted octanol–water partition coefficient (Wildman–Crippen LogP) is 5.19. The van der Waals surface area contributed by atoms with E-state index in [-0.39, 0.29) is 0 Å². The molecule has 0 bridgehead atoms. The second-order valence-electron chi connectivity index (χ2n) is 6.41. The normalized spacial score (nSPS) is 14.5. The Kier molecular flexibility index (Phi) is 14.1. The van der Waals surface area contributed by atoms with E-state index < -0.39 is 0 Å². The molecule has 0 aromatic rings. The van der Waals surface area contributed by atoms with Gasteiger partial charge in [-0.1, -0.05) is 72.3 Å². The van der Waals surface area contributed by atoms with Gasteiger partial charge < -0.3 is 10.6 Å². The Morgan fingerprint density at radius 1 is 0.857 bits per heavy atom. The van der Waals surface area contributed by atoms with Crippen LogP contribution in [-0.4, -0.2) is 24.5 Å². The van der Waals surface area contributed by atoms with Crippen LogP contribution < -0.4 is 5.73 Å². The van der Waals surface area contributed by atoms with Gasteiger partial charge in [-0.15, -0.1) is 0 Å². The predicted molar refractivity (Wildman–Crippen MR) is 96.4 cm³/mol. The molecule has 2 heteroatoms. The molecule has 0 heterocycles. The maximum Gasteiger partial charge on any atom is 0.0200 e. The van der Waals surface area contributed by atoms with Crippen molar-refractivity contribution in [3.05, 3.63) is 12.3 Å². The fraction of sp³-hybridized carbons (Fsp3) is 0.895. The van der Waals surface area contributed by atoms with Crippen molar-refractivity contribution < 1.29 is 0 Å². The lowest BCUT2D eigenvalue weighted by Gasteiger charge is -2.29. The lowest BCUT2D eigenvalue weighted by atomic mass is 9.96. The third-order valence-electron chi connectivity index (χ3n) is 4.52. The van der Waals surface area contributed by atoms with E-state index in [2.05, 4.69) is 44.9 Å². The highest BCUT2D eigenvalue weighted by atomic mass is 15.1. The summed E-state index contributed by atoms with van der Waals surface area (Å²) in [6.07, 6.45) is 15.0. The van der Waals surface area contributed by atoms with E-state index in [4.69, 9.17) is 5.73 Å². The van der Waals surface area contributed by atoms with Gasteiger partial charge in [0.15, 0.2) is 0 Å². The van der Waals surface area contributed by atoms with Gasteiger partial charge in [0.25, 0.3) is 0 Å². The van der Waals surface area contributed by atoms with Gasteiger partial charge in [-0.05, 0) is 30.9 Å². The van der Waals surface area contributed by atoms with Crippen LogP contribution in [0, 0.1) is 11.8 Å². The van der Waals surface area contributed by atoms with Gasteiger partial charge in [0, 0.05) is 19.6 Å². The average Bonchev–Trinajstić information content (AvgIpc) is 2.52. The monoisotopic (exact) mass is 296 g/mol. The zero-order valence-electron chi connectivity index (χ0n) is 15.1. The average molecular weight is 297 g/mol. The number of hydrogen-bond donors (Lipinski definition) is 1. The summed E-state index contributed by atoms with van der Waals surface area (Å²) in [4.78, 5) is 2.54. The molecule has 0 amide bonds. The van der Waals surface area contributed by atoms with E-state index in [9.17, 15) is 0 Å². The number of nitrogens with zero attached hydrogens (tertiary/aromatic N) is 1. The van der Waals surface area contributed by atoms with E-state index in [1.54, 1.807) is 0 Å². The second kappa shape index (κ2) is 14.4. The summed E-state index contributed by atoms with van der Waals surface area (Å²) < 4.78 is 0. The lowest BCUT2D eigenvalue weighted by molar-refractivity contribution is 0.239. The van der Waals surface area contributed by atoms with E-state index in [1.807, 2.05) is 0 Å². The number of hydrogen-bond acceptors (Lipinski definition) is 2. The minimum absolute atomic E-state index is 0.647. The molecular formula is C19H40N2. The van der Waals surface area contributed by atoms with E-state index in [1.165, 1.54) is 64.5 Å². The first kappa shape index (κ1) is 20.5. The molecule has 0 aromatic heterocycles. The highest BCUT2D eigenvalue weighted by Gasteiger charge is 2.14. The van der Waals surface area contributed by atoms with Crippen LogP contribution in [-0.2, 0) is 0 Å². The standard InChI is InChI=1S/C19H40N2/c1-5-9-12-18(7-3)16-21(15-11-14-20)17-19(8-4)13-10-6-2/h11,15,18-19H,5-10,12-14,16-17,20H2,1-4H3. The summed E-state index contributed by atoms with van der Waals surface area (Å²) in [5.74, 6) is 1.66. The van der Waals surface area contributed by atoms with Crippen LogP contribution in [0.4, 0.5) is 0 Å². The largest absolute Gasteiger partial charge is 0.377 e. The summed E-state index contributed by atoms with van der Waals surface area (Å²) >= 11 is 0. The van der Waals surface area contributed by atoms with Crippen molar-refractivity contribution in [3.8, 4) is 0 Å². The van der Waals surface area contributed by atoms with E-state index in [0.717, 1.165) is 11.8 Å². The Balaban J connectivity index is 4.49. The topological polar surface area (TPSA) is 29.3 Å². The molecule has 126 valence electrons. The first-order valence-corrected chi connectivity index (χ1v) is 9.32. The first-order chi connectivity index (χ1) is 10.2. The molecule has 0 aliphatic rings. The quantitative estimate of drug-likeness (QED) is 0.478. The van der Waals surface area contributed by atoms with Gasteiger partial charge in [-0.3, -0.25) is 0 Å². The van der Waals surface area contributed by atoms with E-state index >= 15 is 0 Å². The molecule has 2 atom stereocenters. The maximum atomic E-state index is 5.65. The zero-order chi connectivity index (χ0) is 15.9. The molecule has 21 heavy (non-hydrogen) atoms. The molecule has 2 unspecified atom stereocenters. The SMILES string of the molecule is CCCCC(CC)CN(C=CCN)CC(CC)CCCC. The number of nitrogens with two attached hydrogens (primary N) is 1. The molecule has 0 spiro atoms. The third kappa shape index (κ3) is 10.8. The van der Waals surface area contributed by atoms with Crippen LogP contribution in [0.2, 0.25) is 0 Å². The minimum Gasteiger partial charge on any atom is -0.377 e. The summed E-state index contributed by atoms with van der Waals surface area (Å²) in [6.45, 7) is 12.3. The van der Waals surface area contributed by atoms with Crippen LogP contribution in [0.15, 0.2) is 12.3 Å². The maximum absolute atomic E-state index is 5.65. The first-order valence-electron chi connectivity index (χ1n) is 9.32. The van der Waals surface area contributed by atoms with Crippen LogP contribution in [0.25, 0.3) is 0 Å². The van der Waals surface area contributed by atoms with Crippen LogP contribution in [0.5, 0.6) is 0 Å². The fourth-order valence-electron chi connectivity index (χ4n) is 2.90. The molecular weight excluding hydrogens is 256 g/mol. The fourth-order valence-corrected chi connectivity index (χ4v) is 2.90.